The van der Waals surface area contributed by atoms with E-state index in [1.54, 1.807) is 0 Å². The lowest BCUT2D eigenvalue weighted by Gasteiger charge is -2.48. The van der Waals surface area contributed by atoms with Crippen molar-refractivity contribution in [1.82, 2.24) is 5.32 Å². The number of carbonyl (C=O) groups is 1. The summed E-state index contributed by atoms with van der Waals surface area (Å²) < 4.78 is 35.0. The van der Waals surface area contributed by atoms with Crippen molar-refractivity contribution in [1.29, 1.82) is 0 Å². The Morgan fingerprint density at radius 3 is 1.63 bits per heavy atom. The molecule has 284 valence electrons. The van der Waals surface area contributed by atoms with Crippen LogP contribution in [0.4, 0.5) is 0 Å². The molecule has 2 unspecified atom stereocenters. The van der Waals surface area contributed by atoms with Gasteiger partial charge in [0.2, 0.25) is 0 Å². The van der Waals surface area contributed by atoms with E-state index in [1.807, 2.05) is 0 Å². The molecule has 21 N–H and O–H groups in total. The molecule has 3 aliphatic heterocycles. The van der Waals surface area contributed by atoms with E-state index >= 15 is 0 Å². The van der Waals surface area contributed by atoms with Crippen LogP contribution in [0.3, 0.4) is 0 Å². The van der Waals surface area contributed by atoms with Gasteiger partial charge in [0, 0.05) is 31.6 Å². The minimum absolute atomic E-state index is 0.00478. The molecule has 0 bridgehead atoms. The summed E-state index contributed by atoms with van der Waals surface area (Å²) in [5.41, 5.74) is 33.8. The molecule has 0 aromatic carbocycles. The summed E-state index contributed by atoms with van der Waals surface area (Å²) in [6, 6.07) is -5.64. The lowest BCUT2D eigenvalue weighted by molar-refractivity contribution is -0.307. The highest BCUT2D eigenvalue weighted by atomic mass is 16.8. The third kappa shape index (κ3) is 7.47. The van der Waals surface area contributed by atoms with Crippen molar-refractivity contribution in [2.45, 2.75) is 141 Å². The predicted molar refractivity (Wildman–Crippen MR) is 160 cm³/mol. The molecule has 0 aromatic rings. The van der Waals surface area contributed by atoms with Crippen LogP contribution in [0, 0.1) is 0 Å². The molecule has 5 rings (SSSR count). The standard InChI is InChI=1S/C27H51N7O15/c28-3-8-15(37)17(39)12(32)23(44-8)47-20-6(30)1-7(34-26(42)27(43)2-11(27)31)14(36)22(20)49-25-19(41)21(10(5-35)46-25)48-24-13(33)18(40)16(38)9(4-29)45-24/h6-25,35-41,43H,1-5,28-33H2,(H,34,42)/t6-,7+,8+,9-,10+,11?,12+,13+,14-,15+,16+,17-,18+,19+,20+,21+,22+,23+,24+,25-,27?/m0/s1. The van der Waals surface area contributed by atoms with Crippen LogP contribution in [0.5, 0.6) is 0 Å². The summed E-state index contributed by atoms with van der Waals surface area (Å²) in [5, 5.41) is 87.3. The van der Waals surface area contributed by atoms with Crippen LogP contribution >= 0.6 is 0 Å². The Balaban J connectivity index is 1.36. The van der Waals surface area contributed by atoms with E-state index in [0.717, 1.165) is 0 Å². The van der Waals surface area contributed by atoms with Gasteiger partial charge in [0.05, 0.1) is 24.7 Å². The Bertz CT molecular complexity index is 1130. The Labute approximate surface area is 280 Å². The number of ether oxygens (including phenoxy) is 6. The highest BCUT2D eigenvalue weighted by Crippen LogP contribution is 2.37. The highest BCUT2D eigenvalue weighted by Gasteiger charge is 2.59. The molecule has 5 aliphatic rings. The average molecular weight is 714 g/mol. The molecule has 0 aromatic heterocycles. The number of amides is 1. The number of nitrogens with one attached hydrogen (secondary N) is 1. The summed E-state index contributed by atoms with van der Waals surface area (Å²) in [6.07, 6.45) is -21.7. The molecule has 3 heterocycles. The molecule has 49 heavy (non-hydrogen) atoms. The lowest BCUT2D eigenvalue weighted by Crippen LogP contribution is -2.69. The monoisotopic (exact) mass is 713 g/mol. The van der Waals surface area contributed by atoms with Crippen molar-refractivity contribution in [2.24, 2.45) is 34.4 Å². The van der Waals surface area contributed by atoms with Gasteiger partial charge in [-0.05, 0) is 6.42 Å². The minimum Gasteiger partial charge on any atom is -0.394 e. The number of hydrogen-bond acceptors (Lipinski definition) is 21. The van der Waals surface area contributed by atoms with Gasteiger partial charge in [0.15, 0.2) is 24.5 Å². The van der Waals surface area contributed by atoms with Gasteiger partial charge in [0.25, 0.3) is 5.91 Å². The smallest absolute Gasteiger partial charge is 0.253 e. The zero-order chi connectivity index (χ0) is 36.1. The van der Waals surface area contributed by atoms with Gasteiger partial charge < -0.3 is 109 Å². The molecule has 0 radical (unpaired) electrons. The normalized spacial score (nSPS) is 53.3. The molecule has 2 saturated carbocycles. The first-order valence-corrected chi connectivity index (χ1v) is 16.2. The van der Waals surface area contributed by atoms with Crippen molar-refractivity contribution in [3.8, 4) is 0 Å². The van der Waals surface area contributed by atoms with Crippen LogP contribution < -0.4 is 39.7 Å². The quantitative estimate of drug-likeness (QED) is 0.0944. The molecule has 22 heteroatoms. The molecule has 1 amide bonds. The van der Waals surface area contributed by atoms with Gasteiger partial charge in [-0.25, -0.2) is 0 Å². The fraction of sp³-hybridized carbons (Fsp3) is 0.963. The van der Waals surface area contributed by atoms with E-state index in [1.165, 1.54) is 0 Å². The summed E-state index contributed by atoms with van der Waals surface area (Å²) in [7, 11) is 0. The maximum Gasteiger partial charge on any atom is 0.253 e. The molecule has 5 fully saturated rings. The largest absolute Gasteiger partial charge is 0.394 e. The van der Waals surface area contributed by atoms with E-state index in [9.17, 15) is 45.6 Å². The first-order chi connectivity index (χ1) is 23.1. The Kier molecular flexibility index (Phi) is 12.2. The van der Waals surface area contributed by atoms with Gasteiger partial charge in [-0.1, -0.05) is 0 Å². The molecule has 2 aliphatic carbocycles. The minimum atomic E-state index is -1.84. The lowest BCUT2D eigenvalue weighted by atomic mass is 9.83. The summed E-state index contributed by atoms with van der Waals surface area (Å²) >= 11 is 0. The number of nitrogens with two attached hydrogens (primary N) is 6. The van der Waals surface area contributed by atoms with Gasteiger partial charge in [-0.3, -0.25) is 4.79 Å². The molecule has 3 saturated heterocycles. The van der Waals surface area contributed by atoms with Crippen molar-refractivity contribution in [3.63, 3.8) is 0 Å². The Morgan fingerprint density at radius 2 is 1.16 bits per heavy atom. The molecular formula is C27H51N7O15. The Morgan fingerprint density at radius 1 is 0.694 bits per heavy atom. The van der Waals surface area contributed by atoms with Crippen molar-refractivity contribution in [2.75, 3.05) is 19.7 Å². The van der Waals surface area contributed by atoms with Crippen LogP contribution in [-0.2, 0) is 33.2 Å². The first-order valence-electron chi connectivity index (χ1n) is 16.2. The Hall–Kier alpha value is -1.33. The maximum absolute atomic E-state index is 12.8. The second-order valence-electron chi connectivity index (χ2n) is 13.4. The van der Waals surface area contributed by atoms with E-state index in [-0.39, 0.29) is 25.9 Å². The fourth-order valence-electron chi connectivity index (χ4n) is 6.68. The van der Waals surface area contributed by atoms with Crippen molar-refractivity contribution < 1.29 is 74.1 Å². The van der Waals surface area contributed by atoms with Crippen LogP contribution in [0.25, 0.3) is 0 Å². The number of carbonyl (C=O) groups excluding carboxylic acids is 1. The third-order valence-corrected chi connectivity index (χ3v) is 10.0. The zero-order valence-corrected chi connectivity index (χ0v) is 26.5. The van der Waals surface area contributed by atoms with Crippen LogP contribution in [-0.4, -0.2) is 194 Å². The van der Waals surface area contributed by atoms with Crippen LogP contribution in [0.15, 0.2) is 0 Å². The van der Waals surface area contributed by atoms with Crippen LogP contribution in [0.1, 0.15) is 12.8 Å². The topological polar surface area (TPSA) is 402 Å². The van der Waals surface area contributed by atoms with E-state index in [0.29, 0.717) is 0 Å². The van der Waals surface area contributed by atoms with Gasteiger partial charge in [-0.15, -0.1) is 0 Å². The van der Waals surface area contributed by atoms with Gasteiger partial charge >= 0.3 is 0 Å². The SMILES string of the molecule is NC[C@@H]1O[C@H](O[C@H]2[C@@H](O)[C@H](O[C@@H]3[C@@H](O)[C@H](NC(=O)C4(O)CC4N)C[C@H](N)[C@H]3O[C@H]3O[C@H](CN)[C@@H](O)[C@@H](O)[C@H]3N)O[C@@H]2CO)[C@H](N)[C@@H](O)[C@@H]1O. The fourth-order valence-corrected chi connectivity index (χ4v) is 6.68. The van der Waals surface area contributed by atoms with Crippen LogP contribution in [0.2, 0.25) is 0 Å². The number of aliphatic hydroxyl groups is 8. The van der Waals surface area contributed by atoms with Crippen molar-refractivity contribution in [3.05, 3.63) is 0 Å². The second-order valence-corrected chi connectivity index (χ2v) is 13.4. The molecule has 22 nitrogen and oxygen atoms in total. The number of hydrogen-bond donors (Lipinski definition) is 15. The molecule has 21 atom stereocenters. The third-order valence-electron chi connectivity index (χ3n) is 10.0. The van der Waals surface area contributed by atoms with E-state index in [4.69, 9.17) is 62.8 Å². The second kappa shape index (κ2) is 15.3. The summed E-state index contributed by atoms with van der Waals surface area (Å²) in [4.78, 5) is 12.8. The number of aliphatic hydroxyl groups excluding tert-OH is 7. The molecule has 0 spiro atoms. The summed E-state index contributed by atoms with van der Waals surface area (Å²) in [6.45, 7) is -1.14. The van der Waals surface area contributed by atoms with Gasteiger partial charge in [-0.2, -0.15) is 0 Å². The first kappa shape index (κ1) is 38.9. The average Bonchev–Trinajstić information content (AvgIpc) is 3.60. The van der Waals surface area contributed by atoms with E-state index < -0.39 is 140 Å². The molecular weight excluding hydrogens is 662 g/mol. The maximum atomic E-state index is 12.8. The van der Waals surface area contributed by atoms with Crippen molar-refractivity contribution >= 4 is 5.91 Å². The summed E-state index contributed by atoms with van der Waals surface area (Å²) in [5.74, 6) is -0.854. The number of rotatable bonds is 11. The van der Waals surface area contributed by atoms with Gasteiger partial charge in [0.1, 0.15) is 73.2 Å². The predicted octanol–water partition coefficient (Wildman–Crippen LogP) is -10.3. The zero-order valence-electron chi connectivity index (χ0n) is 26.5. The van der Waals surface area contributed by atoms with E-state index in [2.05, 4.69) is 5.32 Å². The highest BCUT2D eigenvalue weighted by molar-refractivity contribution is 5.89.